The fourth-order valence-electron chi connectivity index (χ4n) is 4.99. The van der Waals surface area contributed by atoms with E-state index in [-0.39, 0.29) is 24.4 Å². The molecule has 226 valence electrons. The van der Waals surface area contributed by atoms with Crippen molar-refractivity contribution < 1.29 is 46.9 Å². The molecule has 2 aliphatic rings. The number of hydrogen-bond donors (Lipinski definition) is 5. The number of aromatic nitrogens is 7. The molecule has 21 heteroatoms. The van der Waals surface area contributed by atoms with Crippen molar-refractivity contribution in [1.29, 1.82) is 0 Å². The zero-order valence-corrected chi connectivity index (χ0v) is 23.4. The van der Waals surface area contributed by atoms with E-state index in [4.69, 9.17) is 34.0 Å². The van der Waals surface area contributed by atoms with E-state index in [9.17, 15) is 18.8 Å². The molecule has 6 heterocycles. The van der Waals surface area contributed by atoms with Gasteiger partial charge in [0.2, 0.25) is 0 Å². The summed E-state index contributed by atoms with van der Waals surface area (Å²) in [7, 11) is -9.53. The Morgan fingerprint density at radius 1 is 1.00 bits per heavy atom. The average molecular weight is 628 g/mol. The van der Waals surface area contributed by atoms with Crippen LogP contribution >= 0.6 is 15.6 Å². The second kappa shape index (κ2) is 11.2. The Labute approximate surface area is 235 Å². The number of phosphoric ester groups is 2. The summed E-state index contributed by atoms with van der Waals surface area (Å²) in [5.74, 6) is 0.232. The number of nitrogen functional groups attached to an aromatic ring is 1. The first-order valence-corrected chi connectivity index (χ1v) is 15.6. The molecule has 2 saturated heterocycles. The highest BCUT2D eigenvalue weighted by Gasteiger charge is 2.43. The number of nitrogens with two attached hydrogens (primary N) is 1. The predicted octanol–water partition coefficient (Wildman–Crippen LogP) is 0.723. The van der Waals surface area contributed by atoms with Gasteiger partial charge in [-0.25, -0.2) is 29.1 Å². The molecule has 19 nitrogen and oxygen atoms in total. The minimum Gasteiger partial charge on any atom is -0.382 e. The third-order valence-corrected chi connectivity index (χ3v) is 8.32. The number of ether oxygens (including phenoxy) is 2. The Balaban J connectivity index is 1.13. The van der Waals surface area contributed by atoms with Gasteiger partial charge in [-0.15, -0.1) is 0 Å². The van der Waals surface area contributed by atoms with Crippen LogP contribution in [0.4, 0.5) is 5.82 Å². The van der Waals surface area contributed by atoms with Crippen LogP contribution in [0.1, 0.15) is 31.7 Å². The third kappa shape index (κ3) is 6.02. The molecule has 0 bridgehead atoms. The monoisotopic (exact) mass is 628 g/mol. The molecule has 42 heavy (non-hydrogen) atoms. The van der Waals surface area contributed by atoms with Crippen LogP contribution in [-0.2, 0) is 32.2 Å². The second-order valence-electron chi connectivity index (χ2n) is 9.64. The van der Waals surface area contributed by atoms with E-state index < -0.39 is 58.6 Å². The fraction of sp³-hybridized carbons (Fsp3) is 0.476. The Kier molecular flexibility index (Phi) is 7.73. The molecule has 2 aliphatic heterocycles. The first kappa shape index (κ1) is 29.0. The van der Waals surface area contributed by atoms with Gasteiger partial charge in [0.15, 0.2) is 23.2 Å². The van der Waals surface area contributed by atoms with Gasteiger partial charge in [-0.2, -0.15) is 0 Å². The van der Waals surface area contributed by atoms with Crippen molar-refractivity contribution in [2.45, 2.75) is 50.0 Å². The molecule has 0 aliphatic carbocycles. The summed E-state index contributed by atoms with van der Waals surface area (Å²) in [6.45, 7) is -0.804. The SMILES string of the molecule is Nc1ncnc2c1ncn2[C@H]1CC[C@@H](COP(=O)(O)OC2C[C@@H](COP(=O)(O)O)O[C@H]2n2cnc3c(=O)[nH]ccc32)O1. The molecule has 2 unspecified atom stereocenters. The summed E-state index contributed by atoms with van der Waals surface area (Å²) in [6.07, 6.45) is 2.28. The number of anilines is 1. The zero-order chi connectivity index (χ0) is 29.6. The lowest BCUT2D eigenvalue weighted by molar-refractivity contribution is -0.0529. The molecule has 0 spiro atoms. The maximum Gasteiger partial charge on any atom is 0.472 e. The minimum absolute atomic E-state index is 0.0888. The highest BCUT2D eigenvalue weighted by molar-refractivity contribution is 7.47. The highest BCUT2D eigenvalue weighted by atomic mass is 31.2. The molecule has 2 fully saturated rings. The zero-order valence-electron chi connectivity index (χ0n) is 21.6. The van der Waals surface area contributed by atoms with E-state index in [0.717, 1.165) is 0 Å². The van der Waals surface area contributed by atoms with Crippen molar-refractivity contribution in [1.82, 2.24) is 34.1 Å². The molecule has 6 N–H and O–H groups in total. The van der Waals surface area contributed by atoms with Crippen molar-refractivity contribution in [2.24, 2.45) is 0 Å². The highest BCUT2D eigenvalue weighted by Crippen LogP contribution is 2.50. The van der Waals surface area contributed by atoms with Crippen molar-refractivity contribution in [3.63, 3.8) is 0 Å². The van der Waals surface area contributed by atoms with Gasteiger partial charge < -0.3 is 39.4 Å². The Bertz CT molecular complexity index is 1750. The number of hydrogen-bond acceptors (Lipinski definition) is 13. The first-order valence-electron chi connectivity index (χ1n) is 12.6. The number of nitrogens with one attached hydrogen (secondary N) is 1. The smallest absolute Gasteiger partial charge is 0.382 e. The van der Waals surface area contributed by atoms with E-state index in [1.165, 1.54) is 29.7 Å². The van der Waals surface area contributed by atoms with Crippen molar-refractivity contribution >= 4 is 43.7 Å². The van der Waals surface area contributed by atoms with Crippen LogP contribution in [-0.4, -0.2) is 80.3 Å². The fourth-order valence-corrected chi connectivity index (χ4v) is 6.30. The summed E-state index contributed by atoms with van der Waals surface area (Å²) < 4.78 is 54.5. The van der Waals surface area contributed by atoms with Gasteiger partial charge in [0.05, 0.1) is 43.6 Å². The number of nitrogens with zero attached hydrogens (tertiary/aromatic N) is 6. The topological polar surface area (TPSA) is 261 Å². The predicted molar refractivity (Wildman–Crippen MR) is 140 cm³/mol. The van der Waals surface area contributed by atoms with Gasteiger partial charge in [0, 0.05) is 12.6 Å². The van der Waals surface area contributed by atoms with Crippen LogP contribution < -0.4 is 11.3 Å². The van der Waals surface area contributed by atoms with Crippen LogP contribution in [0, 0.1) is 0 Å². The molecule has 4 aromatic rings. The van der Waals surface area contributed by atoms with Crippen molar-refractivity contribution in [2.75, 3.05) is 18.9 Å². The summed E-state index contributed by atoms with van der Waals surface area (Å²) in [6, 6.07) is 1.55. The van der Waals surface area contributed by atoms with Gasteiger partial charge in [-0.05, 0) is 18.9 Å². The number of pyridine rings is 1. The molecule has 6 atom stereocenters. The molecule has 0 radical (unpaired) electrons. The number of aromatic amines is 1. The van der Waals surface area contributed by atoms with Gasteiger partial charge in [0.1, 0.15) is 24.2 Å². The van der Waals surface area contributed by atoms with E-state index in [2.05, 4.69) is 29.4 Å². The minimum atomic E-state index is -4.81. The number of phosphoric acid groups is 2. The Morgan fingerprint density at radius 3 is 2.57 bits per heavy atom. The van der Waals surface area contributed by atoms with Gasteiger partial charge >= 0.3 is 15.6 Å². The van der Waals surface area contributed by atoms with E-state index >= 15 is 0 Å². The summed E-state index contributed by atoms with van der Waals surface area (Å²) in [5.41, 5.74) is 6.73. The lowest BCUT2D eigenvalue weighted by atomic mass is 10.2. The maximum absolute atomic E-state index is 13.0. The molecular formula is C21H26N8O11P2. The summed E-state index contributed by atoms with van der Waals surface area (Å²) in [5, 5.41) is 0. The quantitative estimate of drug-likeness (QED) is 0.152. The van der Waals surface area contributed by atoms with E-state index in [0.29, 0.717) is 29.5 Å². The lowest BCUT2D eigenvalue weighted by Crippen LogP contribution is -2.23. The number of H-pyrrole nitrogens is 1. The summed E-state index contributed by atoms with van der Waals surface area (Å²) in [4.78, 5) is 59.8. The van der Waals surface area contributed by atoms with E-state index in [1.807, 2.05) is 0 Å². The number of rotatable bonds is 10. The standard InChI is InChI=1S/C21H26N8O11P2/c22-18-17-19(25-8-24-18)29(10-27-17)15-2-1-11(38-15)6-37-42(34,35)40-14-5-12(7-36-41(31,32)33)39-21(14)28-9-26-16-13(28)3-4-23-20(16)30/h3-4,8-12,14-15,21H,1-2,5-7H2,(H,23,30)(H,34,35)(H2,22,24,25)(H2,31,32,33)/t11-,12-,14?,15+,21+/m0/s1. The normalized spacial score (nSPS) is 26.3. The van der Waals surface area contributed by atoms with Crippen molar-refractivity contribution in [3.05, 3.63) is 41.6 Å². The van der Waals surface area contributed by atoms with Crippen LogP contribution in [0.15, 0.2) is 36.0 Å². The summed E-state index contributed by atoms with van der Waals surface area (Å²) >= 11 is 0. The van der Waals surface area contributed by atoms with E-state index in [1.54, 1.807) is 10.6 Å². The van der Waals surface area contributed by atoms with Gasteiger partial charge in [0.25, 0.3) is 5.56 Å². The van der Waals surface area contributed by atoms with Crippen molar-refractivity contribution in [3.8, 4) is 0 Å². The molecule has 4 aromatic heterocycles. The third-order valence-electron chi connectivity index (χ3n) is 6.83. The average Bonchev–Trinajstić information content (AvgIpc) is 3.71. The molecular weight excluding hydrogens is 602 g/mol. The largest absolute Gasteiger partial charge is 0.472 e. The van der Waals surface area contributed by atoms with Gasteiger partial charge in [-0.3, -0.25) is 22.9 Å². The van der Waals surface area contributed by atoms with Crippen LogP contribution in [0.2, 0.25) is 0 Å². The molecule has 0 saturated carbocycles. The Hall–Kier alpha value is -3.09. The van der Waals surface area contributed by atoms with Crippen LogP contribution in [0.5, 0.6) is 0 Å². The molecule has 0 amide bonds. The lowest BCUT2D eigenvalue weighted by Gasteiger charge is -2.23. The van der Waals surface area contributed by atoms with Crippen LogP contribution in [0.3, 0.4) is 0 Å². The second-order valence-corrected chi connectivity index (χ2v) is 12.3. The molecule has 0 aromatic carbocycles. The Morgan fingerprint density at radius 2 is 1.76 bits per heavy atom. The van der Waals surface area contributed by atoms with Crippen LogP contribution in [0.25, 0.3) is 22.2 Å². The number of fused-ring (bicyclic) bond motifs is 2. The molecule has 6 rings (SSSR count). The number of imidazole rings is 2. The maximum atomic E-state index is 13.0. The first-order chi connectivity index (χ1) is 20.0. The van der Waals surface area contributed by atoms with Gasteiger partial charge in [-0.1, -0.05) is 0 Å².